The van der Waals surface area contributed by atoms with Crippen molar-refractivity contribution in [3.05, 3.63) is 42.4 Å². The van der Waals surface area contributed by atoms with Crippen LogP contribution in [-0.2, 0) is 11.3 Å². The fourth-order valence-electron chi connectivity index (χ4n) is 2.61. The average molecular weight is 300 g/mol. The summed E-state index contributed by atoms with van der Waals surface area (Å²) in [6.07, 6.45) is 5.67. The fraction of sp³-hybridized carbons (Fsp3) is 0.438. The van der Waals surface area contributed by atoms with Gasteiger partial charge in [0.1, 0.15) is 12.6 Å². The Morgan fingerprint density at radius 3 is 2.86 bits per heavy atom. The molecule has 3 heterocycles. The van der Waals surface area contributed by atoms with Crippen LogP contribution in [0.2, 0.25) is 0 Å². The van der Waals surface area contributed by atoms with Gasteiger partial charge < -0.3 is 14.2 Å². The van der Waals surface area contributed by atoms with Gasteiger partial charge in [0.2, 0.25) is 11.8 Å². The number of hydrogen-bond donors (Lipinski definition) is 0. The Bertz CT molecular complexity index is 610. The molecule has 116 valence electrons. The minimum absolute atomic E-state index is 0.0145. The Balaban J connectivity index is 1.56. The topological polar surface area (TPSA) is 60.2 Å². The van der Waals surface area contributed by atoms with Crippen LogP contribution in [-0.4, -0.2) is 44.8 Å². The first kappa shape index (κ1) is 14.6. The number of amides is 1. The Hall–Kier alpha value is -2.37. The SMILES string of the molecule is Cc1ccc(OC2CCCN(C(=O)Cn3cccc3)C2)nn1. The Labute approximate surface area is 129 Å². The van der Waals surface area contributed by atoms with E-state index in [2.05, 4.69) is 10.2 Å². The predicted octanol–water partition coefficient (Wildman–Crippen LogP) is 1.66. The van der Waals surface area contributed by atoms with Crippen LogP contribution in [0.15, 0.2) is 36.7 Å². The van der Waals surface area contributed by atoms with Crippen LogP contribution in [0.1, 0.15) is 18.5 Å². The Morgan fingerprint density at radius 2 is 2.14 bits per heavy atom. The summed E-state index contributed by atoms with van der Waals surface area (Å²) in [5, 5.41) is 8.01. The summed E-state index contributed by atoms with van der Waals surface area (Å²) in [6, 6.07) is 7.54. The third kappa shape index (κ3) is 3.63. The molecule has 0 spiro atoms. The van der Waals surface area contributed by atoms with Gasteiger partial charge in [-0.05, 0) is 38.0 Å². The van der Waals surface area contributed by atoms with E-state index in [0.29, 0.717) is 19.0 Å². The molecule has 1 amide bonds. The van der Waals surface area contributed by atoms with Crippen LogP contribution in [0.25, 0.3) is 0 Å². The molecule has 0 saturated carbocycles. The molecule has 22 heavy (non-hydrogen) atoms. The molecule has 6 nitrogen and oxygen atoms in total. The van der Waals surface area contributed by atoms with Crippen LogP contribution in [0, 0.1) is 6.92 Å². The van der Waals surface area contributed by atoms with E-state index in [1.165, 1.54) is 0 Å². The molecule has 2 aromatic heterocycles. The van der Waals surface area contributed by atoms with Gasteiger partial charge in [0.05, 0.1) is 12.2 Å². The molecule has 1 saturated heterocycles. The number of likely N-dealkylation sites (tertiary alicyclic amines) is 1. The van der Waals surface area contributed by atoms with Crippen molar-refractivity contribution in [3.63, 3.8) is 0 Å². The van der Waals surface area contributed by atoms with E-state index < -0.39 is 0 Å². The lowest BCUT2D eigenvalue weighted by atomic mass is 10.1. The standard InChI is InChI=1S/C16H20N4O2/c1-13-6-7-15(18-17-13)22-14-5-4-10-20(11-14)16(21)12-19-8-2-3-9-19/h2-3,6-9,14H,4-5,10-12H2,1H3. The van der Waals surface area contributed by atoms with Crippen molar-refractivity contribution in [2.75, 3.05) is 13.1 Å². The maximum absolute atomic E-state index is 12.3. The normalized spacial score (nSPS) is 18.2. The highest BCUT2D eigenvalue weighted by molar-refractivity contribution is 5.76. The number of hydrogen-bond acceptors (Lipinski definition) is 4. The van der Waals surface area contributed by atoms with Crippen LogP contribution in [0.4, 0.5) is 0 Å². The minimum Gasteiger partial charge on any atom is -0.471 e. The number of aromatic nitrogens is 3. The summed E-state index contributed by atoms with van der Waals surface area (Å²) in [6.45, 7) is 3.66. The van der Waals surface area contributed by atoms with Crippen molar-refractivity contribution in [3.8, 4) is 5.88 Å². The first-order valence-corrected chi connectivity index (χ1v) is 7.56. The van der Waals surface area contributed by atoms with E-state index in [4.69, 9.17) is 4.74 Å². The van der Waals surface area contributed by atoms with Gasteiger partial charge in [-0.15, -0.1) is 5.10 Å². The van der Waals surface area contributed by atoms with E-state index >= 15 is 0 Å². The van der Waals surface area contributed by atoms with Crippen LogP contribution < -0.4 is 4.74 Å². The molecule has 0 aromatic carbocycles. The zero-order valence-corrected chi connectivity index (χ0v) is 12.7. The molecule has 6 heteroatoms. The lowest BCUT2D eigenvalue weighted by Gasteiger charge is -2.32. The zero-order chi connectivity index (χ0) is 15.4. The third-order valence-corrected chi connectivity index (χ3v) is 3.78. The number of ether oxygens (including phenoxy) is 1. The summed E-state index contributed by atoms with van der Waals surface area (Å²) >= 11 is 0. The highest BCUT2D eigenvalue weighted by Crippen LogP contribution is 2.16. The van der Waals surface area contributed by atoms with Crippen LogP contribution in [0.5, 0.6) is 5.88 Å². The molecule has 1 aliphatic rings. The minimum atomic E-state index is -0.0145. The van der Waals surface area contributed by atoms with E-state index in [1.807, 2.05) is 53.0 Å². The maximum Gasteiger partial charge on any atom is 0.242 e. The van der Waals surface area contributed by atoms with Crippen LogP contribution >= 0.6 is 0 Å². The first-order chi connectivity index (χ1) is 10.7. The molecule has 0 bridgehead atoms. The van der Waals surface area contributed by atoms with Crippen molar-refractivity contribution >= 4 is 5.91 Å². The third-order valence-electron chi connectivity index (χ3n) is 3.78. The quantitative estimate of drug-likeness (QED) is 0.861. The molecule has 0 aliphatic carbocycles. The second-order valence-electron chi connectivity index (χ2n) is 5.59. The van der Waals surface area contributed by atoms with E-state index in [-0.39, 0.29) is 12.0 Å². The Morgan fingerprint density at radius 1 is 1.32 bits per heavy atom. The van der Waals surface area contributed by atoms with Crippen molar-refractivity contribution < 1.29 is 9.53 Å². The smallest absolute Gasteiger partial charge is 0.242 e. The molecule has 1 unspecified atom stereocenters. The average Bonchev–Trinajstić information content (AvgIpc) is 3.03. The second-order valence-corrected chi connectivity index (χ2v) is 5.59. The molecule has 3 rings (SSSR count). The summed E-state index contributed by atoms with van der Waals surface area (Å²) in [7, 11) is 0. The molecule has 1 fully saturated rings. The monoisotopic (exact) mass is 300 g/mol. The van der Waals surface area contributed by atoms with Crippen molar-refractivity contribution in [1.82, 2.24) is 19.7 Å². The van der Waals surface area contributed by atoms with Crippen LogP contribution in [0.3, 0.4) is 0 Å². The van der Waals surface area contributed by atoms with Gasteiger partial charge in [-0.25, -0.2) is 0 Å². The molecule has 0 radical (unpaired) electrons. The van der Waals surface area contributed by atoms with Gasteiger partial charge >= 0.3 is 0 Å². The number of piperidine rings is 1. The zero-order valence-electron chi connectivity index (χ0n) is 12.7. The number of nitrogens with zero attached hydrogens (tertiary/aromatic N) is 4. The largest absolute Gasteiger partial charge is 0.471 e. The number of carbonyl (C=O) groups excluding carboxylic acids is 1. The van der Waals surface area contributed by atoms with E-state index in [1.54, 1.807) is 0 Å². The molecule has 2 aromatic rings. The van der Waals surface area contributed by atoms with E-state index in [0.717, 1.165) is 25.1 Å². The maximum atomic E-state index is 12.3. The Kier molecular flexibility index (Phi) is 4.37. The highest BCUT2D eigenvalue weighted by atomic mass is 16.5. The summed E-state index contributed by atoms with van der Waals surface area (Å²) in [4.78, 5) is 14.2. The van der Waals surface area contributed by atoms with Gasteiger partial charge in [-0.1, -0.05) is 0 Å². The molecule has 1 aliphatic heterocycles. The lowest BCUT2D eigenvalue weighted by Crippen LogP contribution is -2.45. The number of carbonyl (C=O) groups is 1. The number of aryl methyl sites for hydroxylation is 1. The molecular weight excluding hydrogens is 280 g/mol. The summed E-state index contributed by atoms with van der Waals surface area (Å²) in [5.74, 6) is 0.648. The van der Waals surface area contributed by atoms with Gasteiger partial charge in [0, 0.05) is 25.0 Å². The van der Waals surface area contributed by atoms with Gasteiger partial charge in [0.15, 0.2) is 0 Å². The van der Waals surface area contributed by atoms with Crippen molar-refractivity contribution in [1.29, 1.82) is 0 Å². The second kappa shape index (κ2) is 6.60. The highest BCUT2D eigenvalue weighted by Gasteiger charge is 2.25. The lowest BCUT2D eigenvalue weighted by molar-refractivity contribution is -0.134. The summed E-state index contributed by atoms with van der Waals surface area (Å²) in [5.41, 5.74) is 0.861. The molecular formula is C16H20N4O2. The van der Waals surface area contributed by atoms with Gasteiger partial charge in [-0.3, -0.25) is 4.79 Å². The number of rotatable bonds is 4. The molecule has 1 atom stereocenters. The van der Waals surface area contributed by atoms with Gasteiger partial charge in [0.25, 0.3) is 0 Å². The predicted molar refractivity (Wildman–Crippen MR) is 81.4 cm³/mol. The first-order valence-electron chi connectivity index (χ1n) is 7.56. The van der Waals surface area contributed by atoms with Crippen molar-refractivity contribution in [2.45, 2.75) is 32.4 Å². The fourth-order valence-corrected chi connectivity index (χ4v) is 2.61. The van der Waals surface area contributed by atoms with Gasteiger partial charge in [-0.2, -0.15) is 5.10 Å². The van der Waals surface area contributed by atoms with E-state index in [9.17, 15) is 4.79 Å². The summed E-state index contributed by atoms with van der Waals surface area (Å²) < 4.78 is 7.74. The van der Waals surface area contributed by atoms with Crippen molar-refractivity contribution in [2.24, 2.45) is 0 Å². The molecule has 0 N–H and O–H groups in total.